The summed E-state index contributed by atoms with van der Waals surface area (Å²) in [7, 11) is -0.933. The van der Waals surface area contributed by atoms with Crippen LogP contribution in [0.1, 0.15) is 40.5 Å². The Labute approximate surface area is 134 Å². The van der Waals surface area contributed by atoms with Gasteiger partial charge in [0.05, 0.1) is 16.9 Å². The van der Waals surface area contributed by atoms with Crippen molar-refractivity contribution in [2.45, 2.75) is 51.7 Å². The monoisotopic (exact) mass is 323 g/mol. The minimum Gasteiger partial charge on any atom is -0.399 e. The fourth-order valence-corrected chi connectivity index (χ4v) is 2.81. The minimum absolute atomic E-state index is 0.0820. The molecule has 0 aromatic heterocycles. The summed E-state index contributed by atoms with van der Waals surface area (Å²) in [5.74, 6) is -1.65. The molecule has 2 saturated heterocycles. The van der Waals surface area contributed by atoms with Crippen LogP contribution in [0.25, 0.3) is 0 Å². The number of carbonyl (C=O) groups excluding carboxylic acids is 1. The van der Waals surface area contributed by atoms with E-state index in [2.05, 4.69) is 0 Å². The first-order valence-electron chi connectivity index (χ1n) is 7.77. The van der Waals surface area contributed by atoms with Gasteiger partial charge in [-0.3, -0.25) is 4.79 Å². The van der Waals surface area contributed by atoms with E-state index in [9.17, 15) is 13.6 Å². The number of carbonyl (C=O) groups is 1. The van der Waals surface area contributed by atoms with E-state index in [1.54, 1.807) is 0 Å². The van der Waals surface area contributed by atoms with Crippen molar-refractivity contribution in [2.75, 3.05) is 11.4 Å². The van der Waals surface area contributed by atoms with Gasteiger partial charge in [0.2, 0.25) is 5.91 Å². The fourth-order valence-electron chi connectivity index (χ4n) is 2.81. The number of benzene rings is 1. The molecule has 0 radical (unpaired) electrons. The highest BCUT2D eigenvalue weighted by molar-refractivity contribution is 6.62. The molecule has 3 rings (SSSR count). The summed E-state index contributed by atoms with van der Waals surface area (Å²) in [6, 6.07) is 2.12. The lowest BCUT2D eigenvalue weighted by Crippen LogP contribution is -2.41. The summed E-state index contributed by atoms with van der Waals surface area (Å²) in [4.78, 5) is 13.2. The third-order valence-corrected chi connectivity index (χ3v) is 4.94. The van der Waals surface area contributed by atoms with E-state index < -0.39 is 30.0 Å². The van der Waals surface area contributed by atoms with Crippen LogP contribution in [-0.4, -0.2) is 30.8 Å². The highest BCUT2D eigenvalue weighted by Gasteiger charge is 2.52. The predicted octanol–water partition coefficient (Wildman–Crippen LogP) is 2.39. The molecule has 124 valence electrons. The van der Waals surface area contributed by atoms with Crippen LogP contribution in [0.3, 0.4) is 0 Å². The summed E-state index contributed by atoms with van der Waals surface area (Å²) in [6.07, 6.45) is 1.05. The smallest absolute Gasteiger partial charge is 0.399 e. The molecule has 0 atom stereocenters. The quantitative estimate of drug-likeness (QED) is 0.785. The summed E-state index contributed by atoms with van der Waals surface area (Å²) in [5, 5.41) is 0. The van der Waals surface area contributed by atoms with Gasteiger partial charge in [0.15, 0.2) is 0 Å². The van der Waals surface area contributed by atoms with Gasteiger partial charge in [-0.15, -0.1) is 0 Å². The van der Waals surface area contributed by atoms with Crippen molar-refractivity contribution >= 4 is 24.2 Å². The highest BCUT2D eigenvalue weighted by atomic mass is 19.1. The largest absolute Gasteiger partial charge is 0.497 e. The van der Waals surface area contributed by atoms with Gasteiger partial charge in [-0.2, -0.15) is 0 Å². The van der Waals surface area contributed by atoms with Crippen LogP contribution in [0.4, 0.5) is 14.5 Å². The molecule has 2 aliphatic rings. The van der Waals surface area contributed by atoms with E-state index in [0.29, 0.717) is 19.4 Å². The van der Waals surface area contributed by atoms with E-state index in [4.69, 9.17) is 9.31 Å². The molecule has 0 bridgehead atoms. The maximum Gasteiger partial charge on any atom is 0.497 e. The molecule has 0 saturated carbocycles. The first-order chi connectivity index (χ1) is 10.6. The zero-order valence-corrected chi connectivity index (χ0v) is 13.8. The van der Waals surface area contributed by atoms with Crippen LogP contribution < -0.4 is 10.4 Å². The molecule has 1 amide bonds. The first-order valence-corrected chi connectivity index (χ1v) is 7.77. The van der Waals surface area contributed by atoms with Gasteiger partial charge in [-0.1, -0.05) is 0 Å². The van der Waals surface area contributed by atoms with Crippen molar-refractivity contribution in [1.29, 1.82) is 0 Å². The lowest BCUT2D eigenvalue weighted by atomic mass is 9.78. The second kappa shape index (κ2) is 5.28. The van der Waals surface area contributed by atoms with Crippen molar-refractivity contribution in [2.24, 2.45) is 0 Å². The average Bonchev–Trinajstić information content (AvgIpc) is 2.91. The van der Waals surface area contributed by atoms with Gasteiger partial charge in [-0.25, -0.2) is 8.78 Å². The topological polar surface area (TPSA) is 38.8 Å². The molecule has 2 heterocycles. The maximum atomic E-state index is 14.3. The first kappa shape index (κ1) is 16.4. The zero-order valence-electron chi connectivity index (χ0n) is 13.8. The number of amides is 1. The maximum absolute atomic E-state index is 14.3. The van der Waals surface area contributed by atoms with E-state index >= 15 is 0 Å². The molecule has 4 nitrogen and oxygen atoms in total. The Bertz CT molecular complexity index is 647. The molecule has 23 heavy (non-hydrogen) atoms. The lowest BCUT2D eigenvalue weighted by Gasteiger charge is -2.32. The lowest BCUT2D eigenvalue weighted by molar-refractivity contribution is -0.117. The van der Waals surface area contributed by atoms with E-state index in [-0.39, 0.29) is 17.1 Å². The van der Waals surface area contributed by atoms with Gasteiger partial charge < -0.3 is 14.2 Å². The number of anilines is 1. The summed E-state index contributed by atoms with van der Waals surface area (Å²) in [6.45, 7) is 7.88. The number of hydrogen-bond donors (Lipinski definition) is 0. The van der Waals surface area contributed by atoms with Crippen molar-refractivity contribution in [3.63, 3.8) is 0 Å². The van der Waals surface area contributed by atoms with E-state index in [0.717, 1.165) is 6.07 Å². The molecule has 0 N–H and O–H groups in total. The second-order valence-electron chi connectivity index (χ2n) is 7.06. The molecule has 2 fully saturated rings. The van der Waals surface area contributed by atoms with Crippen molar-refractivity contribution in [3.05, 3.63) is 23.8 Å². The fraction of sp³-hybridized carbons (Fsp3) is 0.562. The Hall–Kier alpha value is -1.47. The van der Waals surface area contributed by atoms with E-state index in [1.165, 1.54) is 11.0 Å². The number of halogens is 2. The molecule has 1 aromatic rings. The minimum atomic E-state index is -0.933. The standard InChI is InChI=1S/C16H20BF2NO3/c1-15(2)16(3,4)23-17(22-15)10-8-13(12(19)9-11(10)18)20-7-5-6-14(20)21/h8-9H,5-7H2,1-4H3. The van der Waals surface area contributed by atoms with Gasteiger partial charge >= 0.3 is 7.12 Å². The molecule has 0 aliphatic carbocycles. The van der Waals surface area contributed by atoms with Crippen LogP contribution in [0, 0.1) is 11.6 Å². The van der Waals surface area contributed by atoms with Crippen LogP contribution in [-0.2, 0) is 14.1 Å². The summed E-state index contributed by atoms with van der Waals surface area (Å²) in [5.41, 5.74) is -1.05. The average molecular weight is 323 g/mol. The molecular weight excluding hydrogens is 303 g/mol. The van der Waals surface area contributed by atoms with Crippen LogP contribution in [0.2, 0.25) is 0 Å². The molecule has 1 aromatic carbocycles. The molecule has 2 aliphatic heterocycles. The summed E-state index contributed by atoms with van der Waals surface area (Å²) >= 11 is 0. The highest BCUT2D eigenvalue weighted by Crippen LogP contribution is 2.37. The number of nitrogens with zero attached hydrogens (tertiary/aromatic N) is 1. The Kier molecular flexibility index (Phi) is 3.76. The zero-order chi connectivity index (χ0) is 17.0. The molecule has 0 unspecified atom stereocenters. The Morgan fingerprint density at radius 3 is 2.22 bits per heavy atom. The van der Waals surface area contributed by atoms with Crippen LogP contribution >= 0.6 is 0 Å². The van der Waals surface area contributed by atoms with Gasteiger partial charge in [0.25, 0.3) is 0 Å². The number of rotatable bonds is 2. The van der Waals surface area contributed by atoms with Gasteiger partial charge in [-0.05, 0) is 40.2 Å². The molecule has 7 heteroatoms. The molecule has 0 spiro atoms. The second-order valence-corrected chi connectivity index (χ2v) is 7.06. The Morgan fingerprint density at radius 1 is 1.09 bits per heavy atom. The van der Waals surface area contributed by atoms with Crippen molar-refractivity contribution in [1.82, 2.24) is 0 Å². The Balaban J connectivity index is 1.99. The number of hydrogen-bond acceptors (Lipinski definition) is 3. The van der Waals surface area contributed by atoms with Gasteiger partial charge in [0.1, 0.15) is 11.6 Å². The van der Waals surface area contributed by atoms with E-state index in [1.807, 2.05) is 27.7 Å². The van der Waals surface area contributed by atoms with Crippen molar-refractivity contribution in [3.8, 4) is 0 Å². The van der Waals surface area contributed by atoms with Crippen LogP contribution in [0.15, 0.2) is 12.1 Å². The third kappa shape index (κ3) is 2.66. The predicted molar refractivity (Wildman–Crippen MR) is 83.7 cm³/mol. The normalized spacial score (nSPS) is 23.0. The van der Waals surface area contributed by atoms with Crippen molar-refractivity contribution < 1.29 is 22.9 Å². The van der Waals surface area contributed by atoms with Gasteiger partial charge in [0, 0.05) is 24.5 Å². The van der Waals surface area contributed by atoms with Crippen LogP contribution in [0.5, 0.6) is 0 Å². The summed E-state index contributed by atoms with van der Waals surface area (Å²) < 4.78 is 40.1. The SMILES string of the molecule is CC1(C)OB(c2cc(N3CCCC3=O)c(F)cc2F)OC1(C)C. The molecular formula is C16H20BF2NO3. The third-order valence-electron chi connectivity index (χ3n) is 4.94. The Morgan fingerprint density at radius 2 is 1.70 bits per heavy atom.